The molecule has 0 bridgehead atoms. The molecule has 3 aromatic rings. The number of Topliss-reactive ketones (excluding diaryl/α,β-unsaturated/α-hetero) is 1. The molecule has 2 atom stereocenters. The number of aromatic nitrogens is 1. The van der Waals surface area contributed by atoms with Crippen LogP contribution in [0.3, 0.4) is 0 Å². The standard InChI is InChI=1S/C20H16N2O4S/c21-20-19(26-27(24)12-13-6-2-1-3-7-13)17(23)18(25-20)16-11-10-14-8-4-5-9-15(14)22-16/h1-11,18H,12,21H2. The number of rotatable bonds is 5. The zero-order valence-corrected chi connectivity index (χ0v) is 15.0. The van der Waals surface area contributed by atoms with Crippen molar-refractivity contribution in [2.24, 2.45) is 5.73 Å². The van der Waals surface area contributed by atoms with Crippen molar-refractivity contribution in [1.29, 1.82) is 0 Å². The van der Waals surface area contributed by atoms with E-state index < -0.39 is 23.0 Å². The van der Waals surface area contributed by atoms with E-state index in [2.05, 4.69) is 4.98 Å². The molecule has 0 fully saturated rings. The van der Waals surface area contributed by atoms with Crippen molar-refractivity contribution in [3.05, 3.63) is 89.6 Å². The van der Waals surface area contributed by atoms with E-state index in [4.69, 9.17) is 14.7 Å². The van der Waals surface area contributed by atoms with Crippen molar-refractivity contribution in [1.82, 2.24) is 4.98 Å². The first-order valence-electron chi connectivity index (χ1n) is 8.29. The Morgan fingerprint density at radius 3 is 2.59 bits per heavy atom. The Labute approximate surface area is 158 Å². The molecule has 1 aromatic heterocycles. The number of ether oxygens (including phenoxy) is 1. The highest BCUT2D eigenvalue weighted by molar-refractivity contribution is 7.79. The fourth-order valence-corrected chi connectivity index (χ4v) is 3.69. The average Bonchev–Trinajstić information content (AvgIpc) is 2.96. The van der Waals surface area contributed by atoms with Gasteiger partial charge in [-0.2, -0.15) is 0 Å². The van der Waals surface area contributed by atoms with Crippen LogP contribution in [0, 0.1) is 0 Å². The van der Waals surface area contributed by atoms with Gasteiger partial charge in [0, 0.05) is 5.39 Å². The Bertz CT molecular complexity index is 1070. The van der Waals surface area contributed by atoms with E-state index in [1.165, 1.54) is 0 Å². The second kappa shape index (κ2) is 7.20. The van der Waals surface area contributed by atoms with Crippen LogP contribution in [0.1, 0.15) is 17.4 Å². The van der Waals surface area contributed by atoms with Gasteiger partial charge < -0.3 is 14.7 Å². The zero-order chi connectivity index (χ0) is 18.8. The molecule has 0 saturated heterocycles. The number of pyridine rings is 1. The summed E-state index contributed by atoms with van der Waals surface area (Å²) in [6.45, 7) is 0. The Hall–Kier alpha value is -3.19. The molecular formula is C20H16N2O4S. The van der Waals surface area contributed by atoms with Crippen LogP contribution < -0.4 is 5.73 Å². The molecule has 0 amide bonds. The van der Waals surface area contributed by atoms with Gasteiger partial charge >= 0.3 is 0 Å². The molecule has 136 valence electrons. The monoisotopic (exact) mass is 380 g/mol. The molecule has 1 aliphatic rings. The third-order valence-electron chi connectivity index (χ3n) is 4.12. The lowest BCUT2D eigenvalue weighted by molar-refractivity contribution is -0.123. The molecule has 2 aromatic carbocycles. The Morgan fingerprint density at radius 2 is 1.78 bits per heavy atom. The van der Waals surface area contributed by atoms with Gasteiger partial charge in [-0.15, -0.1) is 0 Å². The summed E-state index contributed by atoms with van der Waals surface area (Å²) in [6, 6.07) is 20.3. The SMILES string of the molecule is NC1=C(OS(=O)Cc2ccccc2)C(=O)C(c2ccc3ccccc3n2)O1. The molecule has 0 radical (unpaired) electrons. The number of ketones is 1. The smallest absolute Gasteiger partial charge is 0.251 e. The van der Waals surface area contributed by atoms with Crippen molar-refractivity contribution >= 4 is 27.8 Å². The molecule has 1 aliphatic heterocycles. The van der Waals surface area contributed by atoms with E-state index in [0.717, 1.165) is 16.5 Å². The molecule has 2 N–H and O–H groups in total. The molecule has 2 unspecified atom stereocenters. The van der Waals surface area contributed by atoms with Gasteiger partial charge in [0.25, 0.3) is 5.78 Å². The molecule has 0 spiro atoms. The lowest BCUT2D eigenvalue weighted by Gasteiger charge is -2.10. The molecule has 7 heteroatoms. The van der Waals surface area contributed by atoms with Crippen LogP contribution in [0.25, 0.3) is 10.9 Å². The van der Waals surface area contributed by atoms with E-state index in [0.29, 0.717) is 5.69 Å². The number of benzene rings is 2. The van der Waals surface area contributed by atoms with Crippen molar-refractivity contribution < 1.29 is 17.9 Å². The number of nitrogens with zero attached hydrogens (tertiary/aromatic N) is 1. The van der Waals surface area contributed by atoms with E-state index in [1.807, 2.05) is 60.7 Å². The van der Waals surface area contributed by atoms with Crippen molar-refractivity contribution in [3.8, 4) is 0 Å². The van der Waals surface area contributed by atoms with Crippen molar-refractivity contribution in [3.63, 3.8) is 0 Å². The first-order valence-corrected chi connectivity index (χ1v) is 9.53. The van der Waals surface area contributed by atoms with Gasteiger partial charge in [-0.3, -0.25) is 4.79 Å². The average molecular weight is 380 g/mol. The molecule has 4 rings (SSSR count). The van der Waals surface area contributed by atoms with Gasteiger partial charge in [0.2, 0.25) is 28.8 Å². The molecule has 2 heterocycles. The van der Waals surface area contributed by atoms with Crippen LogP contribution in [-0.2, 0) is 30.5 Å². The molecule has 6 nitrogen and oxygen atoms in total. The summed E-state index contributed by atoms with van der Waals surface area (Å²) < 4.78 is 23.0. The lowest BCUT2D eigenvalue weighted by atomic mass is 10.1. The van der Waals surface area contributed by atoms with Crippen LogP contribution in [0.5, 0.6) is 0 Å². The van der Waals surface area contributed by atoms with Crippen LogP contribution in [0.2, 0.25) is 0 Å². The highest BCUT2D eigenvalue weighted by Gasteiger charge is 2.39. The largest absolute Gasteiger partial charge is 0.458 e. The molecule has 0 saturated carbocycles. The maximum absolute atomic E-state index is 12.7. The zero-order valence-electron chi connectivity index (χ0n) is 14.2. The van der Waals surface area contributed by atoms with E-state index >= 15 is 0 Å². The summed E-state index contributed by atoms with van der Waals surface area (Å²) in [5.74, 6) is -0.744. The minimum atomic E-state index is -1.75. The van der Waals surface area contributed by atoms with Gasteiger partial charge in [-0.25, -0.2) is 9.19 Å². The van der Waals surface area contributed by atoms with E-state index in [1.54, 1.807) is 6.07 Å². The fourth-order valence-electron chi connectivity index (χ4n) is 2.81. The van der Waals surface area contributed by atoms with Crippen LogP contribution in [-0.4, -0.2) is 15.0 Å². The van der Waals surface area contributed by atoms with Crippen molar-refractivity contribution in [2.45, 2.75) is 11.9 Å². The van der Waals surface area contributed by atoms with Gasteiger partial charge in [-0.1, -0.05) is 54.6 Å². The molecule has 0 aliphatic carbocycles. The van der Waals surface area contributed by atoms with Crippen LogP contribution >= 0.6 is 0 Å². The summed E-state index contributed by atoms with van der Waals surface area (Å²) in [6.07, 6.45) is -1.00. The first kappa shape index (κ1) is 17.2. The topological polar surface area (TPSA) is 91.5 Å². The molecule has 27 heavy (non-hydrogen) atoms. The minimum absolute atomic E-state index is 0.143. The summed E-state index contributed by atoms with van der Waals surface area (Å²) in [5, 5.41) is 0.952. The van der Waals surface area contributed by atoms with Gasteiger partial charge in [0.1, 0.15) is 0 Å². The molecular weight excluding hydrogens is 364 g/mol. The quantitative estimate of drug-likeness (QED) is 0.732. The highest BCUT2D eigenvalue weighted by Crippen LogP contribution is 2.32. The first-order chi connectivity index (χ1) is 13.1. The summed E-state index contributed by atoms with van der Waals surface area (Å²) in [5.41, 5.74) is 7.80. The number of nitrogens with two attached hydrogens (primary N) is 1. The van der Waals surface area contributed by atoms with Crippen LogP contribution in [0.4, 0.5) is 0 Å². The van der Waals surface area contributed by atoms with Gasteiger partial charge in [0.05, 0.1) is 17.0 Å². The van der Waals surface area contributed by atoms with Crippen molar-refractivity contribution in [2.75, 3.05) is 0 Å². The summed E-state index contributed by atoms with van der Waals surface area (Å²) in [4.78, 5) is 17.1. The van der Waals surface area contributed by atoms with E-state index in [-0.39, 0.29) is 17.4 Å². The number of fused-ring (bicyclic) bond motifs is 1. The third-order valence-corrected chi connectivity index (χ3v) is 5.04. The van der Waals surface area contributed by atoms with E-state index in [9.17, 15) is 9.00 Å². The minimum Gasteiger partial charge on any atom is -0.458 e. The number of carbonyl (C=O) groups excluding carboxylic acids is 1. The number of hydrogen-bond acceptors (Lipinski definition) is 6. The van der Waals surface area contributed by atoms with Crippen LogP contribution in [0.15, 0.2) is 78.4 Å². The normalized spacial score (nSPS) is 17.8. The third kappa shape index (κ3) is 3.54. The van der Waals surface area contributed by atoms with Gasteiger partial charge in [0.15, 0.2) is 0 Å². The van der Waals surface area contributed by atoms with Gasteiger partial charge in [-0.05, 0) is 17.7 Å². The highest BCUT2D eigenvalue weighted by atomic mass is 32.2. The summed E-state index contributed by atoms with van der Waals surface area (Å²) in [7, 11) is 0. The maximum Gasteiger partial charge on any atom is 0.251 e. The number of hydrogen-bond donors (Lipinski definition) is 1. The second-order valence-electron chi connectivity index (χ2n) is 6.00. The summed E-state index contributed by atoms with van der Waals surface area (Å²) >= 11 is -1.75. The predicted octanol–water partition coefficient (Wildman–Crippen LogP) is 2.88. The number of carbonyl (C=O) groups is 1. The Morgan fingerprint density at radius 1 is 1.04 bits per heavy atom. The fraction of sp³-hybridized carbons (Fsp3) is 0.100. The lowest BCUT2D eigenvalue weighted by Crippen LogP contribution is -2.14. The predicted molar refractivity (Wildman–Crippen MR) is 101 cm³/mol. The number of para-hydroxylation sites is 1. The second-order valence-corrected chi connectivity index (χ2v) is 7.06. The Balaban J connectivity index is 1.51. The Kier molecular flexibility index (Phi) is 4.60. The maximum atomic E-state index is 12.7.